The van der Waals surface area contributed by atoms with E-state index in [1.807, 2.05) is 62.4 Å². The molecular formula is C22H26N6O3S. The van der Waals surface area contributed by atoms with E-state index in [-0.39, 0.29) is 6.61 Å². The summed E-state index contributed by atoms with van der Waals surface area (Å²) >= 11 is 1.10. The Kier molecular flexibility index (Phi) is 7.72. The number of benzene rings is 2. The predicted molar refractivity (Wildman–Crippen MR) is 123 cm³/mol. The summed E-state index contributed by atoms with van der Waals surface area (Å²) in [5.41, 5.74) is 2.96. The van der Waals surface area contributed by atoms with Crippen molar-refractivity contribution in [3.63, 3.8) is 0 Å². The molecule has 1 aromatic heterocycles. The van der Waals surface area contributed by atoms with Gasteiger partial charge in [-0.2, -0.15) is 0 Å². The highest BCUT2D eigenvalue weighted by molar-refractivity contribution is 8.00. The molecule has 10 heteroatoms. The first-order valence-corrected chi connectivity index (χ1v) is 10.9. The zero-order chi connectivity index (χ0) is 23.1. The third-order valence-corrected chi connectivity index (χ3v) is 5.73. The number of imide groups is 1. The van der Waals surface area contributed by atoms with E-state index in [9.17, 15) is 9.59 Å². The van der Waals surface area contributed by atoms with Gasteiger partial charge in [-0.1, -0.05) is 60.3 Å². The maximum atomic E-state index is 12.4. The maximum Gasteiger partial charge on any atom is 0.321 e. The van der Waals surface area contributed by atoms with Crippen LogP contribution in [0.3, 0.4) is 0 Å². The van der Waals surface area contributed by atoms with Crippen LogP contribution in [0.15, 0.2) is 53.7 Å². The number of nitrogens with two attached hydrogens (primary N) is 1. The van der Waals surface area contributed by atoms with E-state index in [4.69, 9.17) is 10.6 Å². The van der Waals surface area contributed by atoms with E-state index in [1.165, 1.54) is 4.68 Å². The quantitative estimate of drug-likeness (QED) is 0.353. The van der Waals surface area contributed by atoms with Gasteiger partial charge < -0.3 is 15.9 Å². The highest BCUT2D eigenvalue weighted by Crippen LogP contribution is 2.24. The lowest BCUT2D eigenvalue weighted by molar-refractivity contribution is -0.119. The molecule has 9 nitrogen and oxygen atoms in total. The van der Waals surface area contributed by atoms with Crippen molar-refractivity contribution in [2.24, 2.45) is 0 Å². The van der Waals surface area contributed by atoms with Crippen LogP contribution in [0.1, 0.15) is 29.4 Å². The number of ether oxygens (including phenoxy) is 1. The van der Waals surface area contributed by atoms with Crippen LogP contribution in [0.25, 0.3) is 0 Å². The second kappa shape index (κ2) is 10.7. The number of carbonyl (C=O) groups is 2. The highest BCUT2D eigenvalue weighted by atomic mass is 32.2. The van der Waals surface area contributed by atoms with Crippen LogP contribution in [0.5, 0.6) is 5.75 Å². The fraction of sp³-hybridized carbons (Fsp3) is 0.273. The number of hydrogen-bond donors (Lipinski definition) is 3. The molecule has 0 aliphatic rings. The van der Waals surface area contributed by atoms with E-state index in [0.29, 0.717) is 17.5 Å². The smallest absolute Gasteiger partial charge is 0.321 e. The fourth-order valence-electron chi connectivity index (χ4n) is 2.90. The van der Waals surface area contributed by atoms with Crippen molar-refractivity contribution in [1.82, 2.24) is 25.5 Å². The molecule has 0 aliphatic carbocycles. The Hall–Kier alpha value is -3.53. The Morgan fingerprint density at radius 1 is 1.09 bits per heavy atom. The topological polar surface area (TPSA) is 124 Å². The molecule has 32 heavy (non-hydrogen) atoms. The molecule has 1 heterocycles. The Morgan fingerprint density at radius 3 is 2.47 bits per heavy atom. The second-order valence-corrected chi connectivity index (χ2v) is 8.50. The van der Waals surface area contributed by atoms with E-state index in [2.05, 4.69) is 20.8 Å². The Balaban J connectivity index is 1.51. The number of urea groups is 1. The van der Waals surface area contributed by atoms with Gasteiger partial charge in [-0.25, -0.2) is 9.47 Å². The minimum atomic E-state index is -0.614. The molecule has 3 amide bonds. The SMILES string of the molecule is Cc1cccc(C)c1OCc1nnc(SC(C)C(=O)NC(=O)NCc2ccccc2)n1N. The van der Waals surface area contributed by atoms with Crippen LogP contribution in [0, 0.1) is 13.8 Å². The summed E-state index contributed by atoms with van der Waals surface area (Å²) in [7, 11) is 0. The summed E-state index contributed by atoms with van der Waals surface area (Å²) in [5, 5.41) is 12.8. The summed E-state index contributed by atoms with van der Waals surface area (Å²) in [4.78, 5) is 24.4. The molecule has 1 unspecified atom stereocenters. The van der Waals surface area contributed by atoms with Crippen molar-refractivity contribution in [3.8, 4) is 5.75 Å². The summed E-state index contributed by atoms with van der Waals surface area (Å²) in [6, 6.07) is 14.7. The lowest BCUT2D eigenvalue weighted by atomic mass is 10.1. The lowest BCUT2D eigenvalue weighted by Gasteiger charge is -2.12. The van der Waals surface area contributed by atoms with E-state index >= 15 is 0 Å². The van der Waals surface area contributed by atoms with Gasteiger partial charge in [0.15, 0.2) is 5.82 Å². The van der Waals surface area contributed by atoms with E-state index < -0.39 is 17.2 Å². The molecule has 0 saturated carbocycles. The fourth-order valence-corrected chi connectivity index (χ4v) is 3.69. The number of thioether (sulfide) groups is 1. The first-order valence-electron chi connectivity index (χ1n) is 10.0. The van der Waals surface area contributed by atoms with Crippen molar-refractivity contribution in [2.45, 2.75) is 44.3 Å². The summed E-state index contributed by atoms with van der Waals surface area (Å²) in [6.07, 6.45) is 0. The van der Waals surface area contributed by atoms with Crippen LogP contribution in [-0.4, -0.2) is 32.1 Å². The number of aryl methyl sites for hydroxylation is 2. The van der Waals surface area contributed by atoms with Crippen LogP contribution in [0.2, 0.25) is 0 Å². The number of rotatable bonds is 8. The third kappa shape index (κ3) is 6.01. The van der Waals surface area contributed by atoms with Gasteiger partial charge in [-0.3, -0.25) is 10.1 Å². The number of carbonyl (C=O) groups excluding carboxylic acids is 2. The van der Waals surface area contributed by atoms with Gasteiger partial charge in [0.25, 0.3) is 0 Å². The average molecular weight is 455 g/mol. The number of hydrogen-bond acceptors (Lipinski definition) is 7. The number of aromatic nitrogens is 3. The lowest BCUT2D eigenvalue weighted by Crippen LogP contribution is -2.42. The first kappa shape index (κ1) is 23.1. The zero-order valence-corrected chi connectivity index (χ0v) is 19.0. The van der Waals surface area contributed by atoms with Crippen molar-refractivity contribution < 1.29 is 14.3 Å². The van der Waals surface area contributed by atoms with Gasteiger partial charge in [-0.15, -0.1) is 10.2 Å². The molecule has 1 atom stereocenters. The molecule has 0 spiro atoms. The van der Waals surface area contributed by atoms with Crippen molar-refractivity contribution in [3.05, 3.63) is 71.0 Å². The second-order valence-electron chi connectivity index (χ2n) is 7.20. The molecular weight excluding hydrogens is 428 g/mol. The molecule has 0 aliphatic heterocycles. The van der Waals surface area contributed by atoms with Gasteiger partial charge in [0.2, 0.25) is 11.1 Å². The molecule has 0 saturated heterocycles. The van der Waals surface area contributed by atoms with Gasteiger partial charge in [0.1, 0.15) is 12.4 Å². The van der Waals surface area contributed by atoms with Crippen LogP contribution >= 0.6 is 11.8 Å². The number of nitrogens with one attached hydrogen (secondary N) is 2. The number of nitrogen functional groups attached to an aromatic ring is 1. The number of nitrogens with zero attached hydrogens (tertiary/aromatic N) is 3. The van der Waals surface area contributed by atoms with Gasteiger partial charge in [0.05, 0.1) is 5.25 Å². The van der Waals surface area contributed by atoms with Crippen molar-refractivity contribution in [1.29, 1.82) is 0 Å². The molecule has 3 aromatic rings. The molecule has 0 radical (unpaired) electrons. The molecule has 168 valence electrons. The van der Waals surface area contributed by atoms with Gasteiger partial charge in [-0.05, 0) is 37.5 Å². The Morgan fingerprint density at radius 2 is 1.78 bits per heavy atom. The number of amides is 3. The minimum Gasteiger partial charge on any atom is -0.485 e. The minimum absolute atomic E-state index is 0.137. The van der Waals surface area contributed by atoms with Crippen molar-refractivity contribution >= 4 is 23.7 Å². The van der Waals surface area contributed by atoms with E-state index in [1.54, 1.807) is 6.92 Å². The summed E-state index contributed by atoms with van der Waals surface area (Å²) < 4.78 is 7.16. The molecule has 4 N–H and O–H groups in total. The summed E-state index contributed by atoms with van der Waals surface area (Å²) in [6.45, 7) is 6.05. The first-order chi connectivity index (χ1) is 15.3. The Bertz CT molecular complexity index is 1070. The number of para-hydroxylation sites is 1. The predicted octanol–water partition coefficient (Wildman–Crippen LogP) is 2.69. The molecule has 0 bridgehead atoms. The van der Waals surface area contributed by atoms with Crippen molar-refractivity contribution in [2.75, 3.05) is 5.84 Å². The standard InChI is InChI=1S/C22H26N6O3S/c1-14-8-7-9-15(2)19(14)31-13-18-26-27-22(28(18)23)32-16(3)20(29)25-21(30)24-12-17-10-5-4-6-11-17/h4-11,16H,12-13,23H2,1-3H3,(H2,24,25,29,30). The van der Waals surface area contributed by atoms with Crippen LogP contribution in [0.4, 0.5) is 4.79 Å². The van der Waals surface area contributed by atoms with Crippen LogP contribution in [-0.2, 0) is 17.9 Å². The normalized spacial score (nSPS) is 11.6. The monoisotopic (exact) mass is 454 g/mol. The molecule has 0 fully saturated rings. The van der Waals surface area contributed by atoms with Crippen LogP contribution < -0.4 is 21.2 Å². The third-order valence-electron chi connectivity index (χ3n) is 4.67. The van der Waals surface area contributed by atoms with Gasteiger partial charge >= 0.3 is 6.03 Å². The zero-order valence-electron chi connectivity index (χ0n) is 18.2. The Labute approximate surface area is 190 Å². The molecule has 2 aromatic carbocycles. The van der Waals surface area contributed by atoms with Gasteiger partial charge in [0, 0.05) is 6.54 Å². The summed E-state index contributed by atoms with van der Waals surface area (Å²) in [5.74, 6) is 6.82. The maximum absolute atomic E-state index is 12.4. The van der Waals surface area contributed by atoms with E-state index in [0.717, 1.165) is 34.2 Å². The largest absolute Gasteiger partial charge is 0.485 e. The highest BCUT2D eigenvalue weighted by Gasteiger charge is 2.21. The average Bonchev–Trinajstić information content (AvgIpc) is 3.12. The molecule has 3 rings (SSSR count).